The fourth-order valence-electron chi connectivity index (χ4n) is 2.10. The third-order valence-corrected chi connectivity index (χ3v) is 3.17. The van der Waals surface area contributed by atoms with Crippen LogP contribution >= 0.6 is 0 Å². The Morgan fingerprint density at radius 2 is 1.95 bits per heavy atom. The van der Waals surface area contributed by atoms with Crippen molar-refractivity contribution < 1.29 is 9.84 Å². The zero-order valence-electron chi connectivity index (χ0n) is 11.5. The molecule has 0 bridgehead atoms. The van der Waals surface area contributed by atoms with Gasteiger partial charge in [-0.1, -0.05) is 18.2 Å². The highest BCUT2D eigenvalue weighted by Crippen LogP contribution is 2.34. The van der Waals surface area contributed by atoms with Crippen molar-refractivity contribution in [3.05, 3.63) is 53.6 Å². The molecule has 20 heavy (non-hydrogen) atoms. The van der Waals surface area contributed by atoms with Crippen molar-refractivity contribution in [2.24, 2.45) is 0 Å². The maximum Gasteiger partial charge on any atom is 0.142 e. The van der Waals surface area contributed by atoms with E-state index < -0.39 is 0 Å². The highest BCUT2D eigenvalue weighted by atomic mass is 16.5. The number of anilines is 2. The lowest BCUT2D eigenvalue weighted by Gasteiger charge is -2.23. The van der Waals surface area contributed by atoms with Crippen LogP contribution in [0.5, 0.6) is 5.75 Å². The minimum atomic E-state index is -0.0761. The fraction of sp³-hybridized carbons (Fsp3) is 0.188. The van der Waals surface area contributed by atoms with Gasteiger partial charge < -0.3 is 14.7 Å². The number of benzene rings is 2. The van der Waals surface area contributed by atoms with E-state index >= 15 is 0 Å². The summed E-state index contributed by atoms with van der Waals surface area (Å²) in [4.78, 5) is 1.90. The van der Waals surface area contributed by atoms with E-state index in [1.165, 1.54) is 0 Å². The molecule has 4 heteroatoms. The van der Waals surface area contributed by atoms with Gasteiger partial charge in [-0.05, 0) is 29.8 Å². The molecule has 0 amide bonds. The van der Waals surface area contributed by atoms with Crippen molar-refractivity contribution in [1.29, 1.82) is 5.26 Å². The molecule has 0 radical (unpaired) electrons. The number of hydrogen-bond acceptors (Lipinski definition) is 4. The number of aliphatic hydroxyl groups is 1. The van der Waals surface area contributed by atoms with Crippen molar-refractivity contribution in [3.63, 3.8) is 0 Å². The van der Waals surface area contributed by atoms with Gasteiger partial charge in [0.15, 0.2) is 0 Å². The van der Waals surface area contributed by atoms with Gasteiger partial charge in [0, 0.05) is 7.05 Å². The minimum absolute atomic E-state index is 0.0761. The van der Waals surface area contributed by atoms with E-state index in [2.05, 4.69) is 6.07 Å². The maximum atomic E-state index is 9.27. The molecule has 102 valence electrons. The molecule has 0 aliphatic rings. The van der Waals surface area contributed by atoms with Gasteiger partial charge in [-0.2, -0.15) is 5.26 Å². The lowest BCUT2D eigenvalue weighted by molar-refractivity contribution is 0.282. The summed E-state index contributed by atoms with van der Waals surface area (Å²) in [5, 5.41) is 18.4. The molecular weight excluding hydrogens is 252 g/mol. The van der Waals surface area contributed by atoms with Gasteiger partial charge in [-0.25, -0.2) is 0 Å². The SMILES string of the molecule is COc1ccccc1N(C)c1ccc(CO)cc1C#N. The molecule has 1 N–H and O–H groups in total. The minimum Gasteiger partial charge on any atom is -0.495 e. The molecule has 2 rings (SSSR count). The molecule has 0 saturated carbocycles. The number of ether oxygens (including phenoxy) is 1. The second-order valence-electron chi connectivity index (χ2n) is 4.35. The van der Waals surface area contributed by atoms with Crippen molar-refractivity contribution >= 4 is 11.4 Å². The van der Waals surface area contributed by atoms with Crippen molar-refractivity contribution in [2.75, 3.05) is 19.1 Å². The van der Waals surface area contributed by atoms with E-state index in [-0.39, 0.29) is 6.61 Å². The second kappa shape index (κ2) is 6.09. The molecular formula is C16H16N2O2. The molecule has 4 nitrogen and oxygen atoms in total. The zero-order chi connectivity index (χ0) is 14.5. The first-order valence-electron chi connectivity index (χ1n) is 6.22. The lowest BCUT2D eigenvalue weighted by atomic mass is 10.1. The van der Waals surface area contributed by atoms with Crippen LogP contribution in [0, 0.1) is 11.3 Å². The van der Waals surface area contributed by atoms with E-state index in [9.17, 15) is 5.26 Å². The number of methoxy groups -OCH3 is 1. The van der Waals surface area contributed by atoms with Crippen molar-refractivity contribution in [3.8, 4) is 11.8 Å². The van der Waals surface area contributed by atoms with Crippen LogP contribution in [0.1, 0.15) is 11.1 Å². The Hall–Kier alpha value is -2.51. The molecule has 0 aliphatic heterocycles. The van der Waals surface area contributed by atoms with Gasteiger partial charge in [0.2, 0.25) is 0 Å². The first-order chi connectivity index (χ1) is 9.71. The molecule has 0 unspecified atom stereocenters. The summed E-state index contributed by atoms with van der Waals surface area (Å²) in [7, 11) is 3.50. The Bertz CT molecular complexity index is 647. The van der Waals surface area contributed by atoms with E-state index in [4.69, 9.17) is 9.84 Å². The number of hydrogen-bond donors (Lipinski definition) is 1. The van der Waals surface area contributed by atoms with E-state index in [1.807, 2.05) is 48.3 Å². The molecule has 0 aliphatic carbocycles. The van der Waals surface area contributed by atoms with E-state index in [0.29, 0.717) is 5.56 Å². The van der Waals surface area contributed by atoms with E-state index in [0.717, 1.165) is 22.7 Å². The predicted octanol–water partition coefficient (Wildman–Crippen LogP) is 2.83. The van der Waals surface area contributed by atoms with Crippen LogP contribution in [-0.2, 0) is 6.61 Å². The third kappa shape index (κ3) is 2.58. The van der Waals surface area contributed by atoms with Gasteiger partial charge >= 0.3 is 0 Å². The first kappa shape index (κ1) is 13.9. The highest BCUT2D eigenvalue weighted by molar-refractivity contribution is 5.73. The van der Waals surface area contributed by atoms with Gasteiger partial charge in [0.25, 0.3) is 0 Å². The van der Waals surface area contributed by atoms with Gasteiger partial charge in [0.05, 0.1) is 30.7 Å². The van der Waals surface area contributed by atoms with Gasteiger partial charge in [-0.3, -0.25) is 0 Å². The highest BCUT2D eigenvalue weighted by Gasteiger charge is 2.13. The number of aliphatic hydroxyl groups excluding tert-OH is 1. The average Bonchev–Trinajstić information content (AvgIpc) is 2.53. The van der Waals surface area contributed by atoms with Crippen LogP contribution in [0.2, 0.25) is 0 Å². The summed E-state index contributed by atoms with van der Waals surface area (Å²) >= 11 is 0. The Kier molecular flexibility index (Phi) is 4.24. The molecule has 2 aromatic carbocycles. The Balaban J connectivity index is 2.48. The summed E-state index contributed by atoms with van der Waals surface area (Å²) in [6.45, 7) is -0.0761. The number of rotatable bonds is 4. The molecule has 0 saturated heterocycles. The summed E-state index contributed by atoms with van der Waals surface area (Å²) in [6, 6.07) is 15.1. The molecule has 0 fully saturated rings. The third-order valence-electron chi connectivity index (χ3n) is 3.17. The van der Waals surface area contributed by atoms with Crippen LogP contribution in [0.15, 0.2) is 42.5 Å². The number of nitrogens with zero attached hydrogens (tertiary/aromatic N) is 2. The normalized spacial score (nSPS) is 9.90. The second-order valence-corrected chi connectivity index (χ2v) is 4.35. The van der Waals surface area contributed by atoms with Crippen molar-refractivity contribution in [2.45, 2.75) is 6.61 Å². The van der Waals surface area contributed by atoms with Gasteiger partial charge in [0.1, 0.15) is 11.8 Å². The lowest BCUT2D eigenvalue weighted by Crippen LogP contribution is -2.12. The predicted molar refractivity (Wildman–Crippen MR) is 78.1 cm³/mol. The van der Waals surface area contributed by atoms with Crippen LogP contribution in [-0.4, -0.2) is 19.3 Å². The quantitative estimate of drug-likeness (QED) is 0.926. The molecule has 0 aromatic heterocycles. The van der Waals surface area contributed by atoms with Crippen LogP contribution in [0.3, 0.4) is 0 Å². The molecule has 0 spiro atoms. The summed E-state index contributed by atoms with van der Waals surface area (Å²) in [5.41, 5.74) is 2.89. The standard InChI is InChI=1S/C16H16N2O2/c1-18(15-5-3-4-6-16(15)20-2)14-8-7-12(11-19)9-13(14)10-17/h3-9,19H,11H2,1-2H3. The maximum absolute atomic E-state index is 9.27. The van der Waals surface area contributed by atoms with Crippen molar-refractivity contribution in [1.82, 2.24) is 0 Å². The molecule has 0 heterocycles. The average molecular weight is 268 g/mol. The largest absolute Gasteiger partial charge is 0.495 e. The summed E-state index contributed by atoms with van der Waals surface area (Å²) < 4.78 is 5.34. The fourth-order valence-corrected chi connectivity index (χ4v) is 2.10. The summed E-state index contributed by atoms with van der Waals surface area (Å²) in [5.74, 6) is 0.741. The monoisotopic (exact) mass is 268 g/mol. The van der Waals surface area contributed by atoms with Crippen LogP contribution in [0.4, 0.5) is 11.4 Å². The Morgan fingerprint density at radius 1 is 1.20 bits per heavy atom. The smallest absolute Gasteiger partial charge is 0.142 e. The van der Waals surface area contributed by atoms with Gasteiger partial charge in [-0.15, -0.1) is 0 Å². The zero-order valence-corrected chi connectivity index (χ0v) is 11.5. The van der Waals surface area contributed by atoms with Crippen LogP contribution < -0.4 is 9.64 Å². The topological polar surface area (TPSA) is 56.5 Å². The number of para-hydroxylation sites is 2. The molecule has 2 aromatic rings. The Morgan fingerprint density at radius 3 is 2.60 bits per heavy atom. The summed E-state index contributed by atoms with van der Waals surface area (Å²) in [6.07, 6.45) is 0. The number of nitriles is 1. The molecule has 0 atom stereocenters. The Labute approximate surface area is 118 Å². The van der Waals surface area contributed by atoms with Crippen LogP contribution in [0.25, 0.3) is 0 Å². The van der Waals surface area contributed by atoms with E-state index in [1.54, 1.807) is 13.2 Å². The first-order valence-corrected chi connectivity index (χ1v) is 6.22.